The highest BCUT2D eigenvalue weighted by Crippen LogP contribution is 2.22. The summed E-state index contributed by atoms with van der Waals surface area (Å²) in [4.78, 5) is 15.2. The minimum Gasteiger partial charge on any atom is -0.478 e. The van der Waals surface area contributed by atoms with Gasteiger partial charge in [0, 0.05) is 11.6 Å². The third-order valence-electron chi connectivity index (χ3n) is 2.67. The number of aromatic nitrogens is 1. The topological polar surface area (TPSA) is 50.2 Å². The Kier molecular flexibility index (Phi) is 2.15. The molecule has 0 fully saturated rings. The van der Waals surface area contributed by atoms with E-state index in [4.69, 9.17) is 5.11 Å². The van der Waals surface area contributed by atoms with Crippen molar-refractivity contribution in [3.8, 4) is 0 Å². The summed E-state index contributed by atoms with van der Waals surface area (Å²) in [5, 5.41) is 9.72. The first-order valence-electron chi connectivity index (χ1n) is 4.69. The summed E-state index contributed by atoms with van der Waals surface area (Å²) < 4.78 is 0. The number of hydrogen-bond acceptors (Lipinski definition) is 2. The van der Waals surface area contributed by atoms with Crippen LogP contribution in [0.15, 0.2) is 24.4 Å². The van der Waals surface area contributed by atoms with Crippen molar-refractivity contribution in [1.29, 1.82) is 0 Å². The summed E-state index contributed by atoms with van der Waals surface area (Å²) in [5.41, 5.74) is 3.24. The zero-order chi connectivity index (χ0) is 11.0. The maximum atomic E-state index is 11.0. The van der Waals surface area contributed by atoms with E-state index in [-0.39, 0.29) is 0 Å². The second-order valence-corrected chi connectivity index (χ2v) is 3.57. The predicted octanol–water partition coefficient (Wildman–Crippen LogP) is 2.55. The standard InChI is InChI=1S/C12H11NO2/c1-7-3-4-9-10(12(14)15)5-6-13-11(9)8(7)2/h3-6H,1-2H3,(H,14,15). The molecule has 0 aliphatic carbocycles. The van der Waals surface area contributed by atoms with E-state index in [1.54, 1.807) is 0 Å². The van der Waals surface area contributed by atoms with Crippen molar-refractivity contribution in [3.63, 3.8) is 0 Å². The van der Waals surface area contributed by atoms with E-state index in [0.29, 0.717) is 10.9 Å². The highest BCUT2D eigenvalue weighted by atomic mass is 16.4. The van der Waals surface area contributed by atoms with Gasteiger partial charge in [-0.1, -0.05) is 12.1 Å². The van der Waals surface area contributed by atoms with E-state index < -0.39 is 5.97 Å². The quantitative estimate of drug-likeness (QED) is 0.771. The van der Waals surface area contributed by atoms with Crippen LogP contribution in [-0.4, -0.2) is 16.1 Å². The molecular weight excluding hydrogens is 190 g/mol. The van der Waals surface area contributed by atoms with Crippen molar-refractivity contribution < 1.29 is 9.90 Å². The number of pyridine rings is 1. The first-order chi connectivity index (χ1) is 7.11. The molecule has 0 aliphatic rings. The number of carboxylic acids is 1. The molecule has 15 heavy (non-hydrogen) atoms. The van der Waals surface area contributed by atoms with Gasteiger partial charge in [-0.25, -0.2) is 4.79 Å². The van der Waals surface area contributed by atoms with Gasteiger partial charge in [0.05, 0.1) is 11.1 Å². The van der Waals surface area contributed by atoms with Gasteiger partial charge in [0.25, 0.3) is 0 Å². The van der Waals surface area contributed by atoms with Gasteiger partial charge in [0.15, 0.2) is 0 Å². The number of rotatable bonds is 1. The van der Waals surface area contributed by atoms with Crippen LogP contribution in [0.4, 0.5) is 0 Å². The Balaban J connectivity index is 2.89. The highest BCUT2D eigenvalue weighted by molar-refractivity contribution is 6.03. The molecule has 0 saturated heterocycles. The molecule has 0 bridgehead atoms. The second kappa shape index (κ2) is 3.35. The van der Waals surface area contributed by atoms with Crippen LogP contribution >= 0.6 is 0 Å². The molecule has 0 aliphatic heterocycles. The fourth-order valence-electron chi connectivity index (χ4n) is 1.65. The zero-order valence-electron chi connectivity index (χ0n) is 8.61. The van der Waals surface area contributed by atoms with E-state index in [2.05, 4.69) is 4.98 Å². The number of aryl methyl sites for hydroxylation is 2. The number of aromatic carboxylic acids is 1. The Morgan fingerprint density at radius 2 is 2.00 bits per heavy atom. The van der Waals surface area contributed by atoms with E-state index >= 15 is 0 Å². The van der Waals surface area contributed by atoms with Gasteiger partial charge in [-0.15, -0.1) is 0 Å². The van der Waals surface area contributed by atoms with Gasteiger partial charge in [0.1, 0.15) is 0 Å². The van der Waals surface area contributed by atoms with Gasteiger partial charge in [-0.2, -0.15) is 0 Å². The summed E-state index contributed by atoms with van der Waals surface area (Å²) in [6, 6.07) is 5.26. The molecule has 1 heterocycles. The van der Waals surface area contributed by atoms with Gasteiger partial charge >= 0.3 is 5.97 Å². The van der Waals surface area contributed by atoms with Crippen LogP contribution in [0.5, 0.6) is 0 Å². The SMILES string of the molecule is Cc1ccc2c(C(=O)O)ccnc2c1C. The lowest BCUT2D eigenvalue weighted by Gasteiger charge is -2.06. The molecule has 0 spiro atoms. The number of nitrogens with zero attached hydrogens (tertiary/aromatic N) is 1. The molecule has 1 N–H and O–H groups in total. The summed E-state index contributed by atoms with van der Waals surface area (Å²) in [6.45, 7) is 3.94. The lowest BCUT2D eigenvalue weighted by atomic mass is 10.0. The number of carboxylic acid groups (broad SMARTS) is 1. The molecule has 0 unspecified atom stereocenters. The number of carbonyl (C=O) groups is 1. The van der Waals surface area contributed by atoms with Gasteiger partial charge in [-0.3, -0.25) is 4.98 Å². The second-order valence-electron chi connectivity index (χ2n) is 3.57. The Morgan fingerprint density at radius 3 is 2.67 bits per heavy atom. The molecule has 3 nitrogen and oxygen atoms in total. The summed E-state index contributed by atoms with van der Waals surface area (Å²) >= 11 is 0. The third kappa shape index (κ3) is 1.46. The van der Waals surface area contributed by atoms with Crippen LogP contribution in [0.3, 0.4) is 0 Å². The fraction of sp³-hybridized carbons (Fsp3) is 0.167. The molecule has 0 atom stereocenters. The van der Waals surface area contributed by atoms with Crippen molar-refractivity contribution in [2.24, 2.45) is 0 Å². The summed E-state index contributed by atoms with van der Waals surface area (Å²) in [5.74, 6) is -0.911. The molecule has 76 valence electrons. The van der Waals surface area contributed by atoms with E-state index in [1.165, 1.54) is 12.3 Å². The normalized spacial score (nSPS) is 10.5. The molecule has 1 aromatic heterocycles. The van der Waals surface area contributed by atoms with Crippen LogP contribution in [0.25, 0.3) is 10.9 Å². The molecule has 3 heteroatoms. The first kappa shape index (κ1) is 9.65. The van der Waals surface area contributed by atoms with Gasteiger partial charge < -0.3 is 5.11 Å². The largest absolute Gasteiger partial charge is 0.478 e. The van der Waals surface area contributed by atoms with Crippen LogP contribution < -0.4 is 0 Å². The van der Waals surface area contributed by atoms with E-state index in [9.17, 15) is 4.79 Å². The van der Waals surface area contributed by atoms with Crippen molar-refractivity contribution in [1.82, 2.24) is 4.98 Å². The summed E-state index contributed by atoms with van der Waals surface area (Å²) in [6.07, 6.45) is 1.54. The van der Waals surface area contributed by atoms with Crippen molar-refractivity contribution in [2.45, 2.75) is 13.8 Å². The fourth-order valence-corrected chi connectivity index (χ4v) is 1.65. The molecule has 0 amide bonds. The number of fused-ring (bicyclic) bond motifs is 1. The third-order valence-corrected chi connectivity index (χ3v) is 2.67. The van der Waals surface area contributed by atoms with Crippen LogP contribution in [0.2, 0.25) is 0 Å². The van der Waals surface area contributed by atoms with Gasteiger partial charge in [-0.05, 0) is 31.0 Å². The smallest absolute Gasteiger partial charge is 0.336 e. The minimum absolute atomic E-state index is 0.308. The van der Waals surface area contributed by atoms with Crippen molar-refractivity contribution in [2.75, 3.05) is 0 Å². The van der Waals surface area contributed by atoms with Crippen molar-refractivity contribution in [3.05, 3.63) is 41.1 Å². The Bertz CT molecular complexity index is 547. The predicted molar refractivity (Wildman–Crippen MR) is 58.2 cm³/mol. The molecule has 0 radical (unpaired) electrons. The number of hydrogen-bond donors (Lipinski definition) is 1. The zero-order valence-corrected chi connectivity index (χ0v) is 8.61. The van der Waals surface area contributed by atoms with Crippen molar-refractivity contribution >= 4 is 16.9 Å². The Morgan fingerprint density at radius 1 is 1.27 bits per heavy atom. The minimum atomic E-state index is -0.911. The Labute approximate surface area is 87.4 Å². The lowest BCUT2D eigenvalue weighted by Crippen LogP contribution is -1.99. The Hall–Kier alpha value is -1.90. The van der Waals surface area contributed by atoms with Crippen LogP contribution in [0, 0.1) is 13.8 Å². The molecule has 1 aromatic carbocycles. The molecule has 2 rings (SSSR count). The van der Waals surface area contributed by atoms with Crippen LogP contribution in [-0.2, 0) is 0 Å². The van der Waals surface area contributed by atoms with E-state index in [1.807, 2.05) is 26.0 Å². The highest BCUT2D eigenvalue weighted by Gasteiger charge is 2.10. The first-order valence-corrected chi connectivity index (χ1v) is 4.69. The monoisotopic (exact) mass is 201 g/mol. The molecule has 0 saturated carbocycles. The van der Waals surface area contributed by atoms with Crippen LogP contribution in [0.1, 0.15) is 21.5 Å². The molecular formula is C12H11NO2. The average Bonchev–Trinajstić information content (AvgIpc) is 2.23. The maximum absolute atomic E-state index is 11.0. The maximum Gasteiger partial charge on any atom is 0.336 e. The van der Waals surface area contributed by atoms with E-state index in [0.717, 1.165) is 16.6 Å². The molecule has 2 aromatic rings. The average molecular weight is 201 g/mol. The lowest BCUT2D eigenvalue weighted by molar-refractivity contribution is 0.0699. The number of benzene rings is 1. The summed E-state index contributed by atoms with van der Waals surface area (Å²) in [7, 11) is 0. The van der Waals surface area contributed by atoms with Gasteiger partial charge in [0.2, 0.25) is 0 Å².